The van der Waals surface area contributed by atoms with Gasteiger partial charge < -0.3 is 19.7 Å². The number of ether oxygens (including phenoxy) is 2. The van der Waals surface area contributed by atoms with Gasteiger partial charge in [-0.1, -0.05) is 12.1 Å². The lowest BCUT2D eigenvalue weighted by atomic mass is 10.1. The average molecular weight is 475 g/mol. The Morgan fingerprint density at radius 1 is 0.914 bits per heavy atom. The van der Waals surface area contributed by atoms with Gasteiger partial charge in [0, 0.05) is 17.1 Å². The number of nitrogens with one attached hydrogen (secondary N) is 1. The summed E-state index contributed by atoms with van der Waals surface area (Å²) < 4.78 is 24.1. The molecule has 0 radical (unpaired) electrons. The van der Waals surface area contributed by atoms with E-state index in [2.05, 4.69) is 10.2 Å². The highest BCUT2D eigenvalue weighted by Crippen LogP contribution is 2.35. The third kappa shape index (κ3) is 5.69. The lowest BCUT2D eigenvalue weighted by Gasteiger charge is -2.27. The van der Waals surface area contributed by atoms with Crippen LogP contribution in [0.25, 0.3) is 0 Å². The third-order valence-electron chi connectivity index (χ3n) is 5.64. The van der Waals surface area contributed by atoms with Crippen molar-refractivity contribution in [2.75, 3.05) is 30.0 Å². The van der Waals surface area contributed by atoms with E-state index in [4.69, 9.17) is 9.47 Å². The zero-order valence-electron chi connectivity index (χ0n) is 19.7. The number of benzene rings is 3. The van der Waals surface area contributed by atoms with Gasteiger partial charge >= 0.3 is 11.9 Å². The molecule has 0 aromatic heterocycles. The van der Waals surface area contributed by atoms with Crippen molar-refractivity contribution in [2.45, 2.75) is 19.9 Å². The molecule has 0 aliphatic carbocycles. The SMILES string of the molecule is CCOC(=O)c1ccc(NC2=C[C@H](c3cccc(F)c3)N(c3ccc(C(=O)OCC)cc3)C2)cc1. The second kappa shape index (κ2) is 10.9. The van der Waals surface area contributed by atoms with Crippen molar-refractivity contribution in [1.29, 1.82) is 0 Å². The summed E-state index contributed by atoms with van der Waals surface area (Å²) in [6.45, 7) is 4.72. The van der Waals surface area contributed by atoms with E-state index in [0.717, 1.165) is 22.6 Å². The van der Waals surface area contributed by atoms with E-state index in [-0.39, 0.29) is 23.8 Å². The van der Waals surface area contributed by atoms with Crippen LogP contribution in [-0.2, 0) is 9.47 Å². The standard InChI is InChI=1S/C28H27FN2O4/c1-3-34-27(32)19-8-12-23(13-9-19)30-24-17-26(21-6-5-7-22(29)16-21)31(18-24)25-14-10-20(11-15-25)28(33)35-4-2/h5-17,26,30H,3-4,18H2,1-2H3/t26-/m1/s1. The fourth-order valence-corrected chi connectivity index (χ4v) is 4.01. The Kier molecular flexibility index (Phi) is 7.45. The Bertz CT molecular complexity index is 1220. The van der Waals surface area contributed by atoms with Gasteiger partial charge in [0.15, 0.2) is 0 Å². The molecule has 0 spiro atoms. The summed E-state index contributed by atoms with van der Waals surface area (Å²) in [7, 11) is 0. The van der Waals surface area contributed by atoms with Crippen LogP contribution < -0.4 is 10.2 Å². The van der Waals surface area contributed by atoms with Gasteiger partial charge in [0.1, 0.15) is 5.82 Å². The highest BCUT2D eigenvalue weighted by molar-refractivity contribution is 5.90. The van der Waals surface area contributed by atoms with Gasteiger partial charge in [-0.25, -0.2) is 14.0 Å². The predicted octanol–water partition coefficient (Wildman–Crippen LogP) is 5.74. The van der Waals surface area contributed by atoms with Crippen molar-refractivity contribution in [3.05, 3.63) is 107 Å². The maximum atomic E-state index is 14.0. The Labute approximate surface area is 204 Å². The summed E-state index contributed by atoms with van der Waals surface area (Å²) in [4.78, 5) is 26.1. The van der Waals surface area contributed by atoms with Gasteiger partial charge in [-0.3, -0.25) is 0 Å². The average Bonchev–Trinajstić information content (AvgIpc) is 3.28. The normalized spacial score (nSPS) is 14.9. The molecule has 1 heterocycles. The van der Waals surface area contributed by atoms with Gasteiger partial charge in [-0.15, -0.1) is 0 Å². The number of nitrogens with zero attached hydrogens (tertiary/aromatic N) is 1. The zero-order chi connectivity index (χ0) is 24.8. The molecule has 1 N–H and O–H groups in total. The first-order valence-corrected chi connectivity index (χ1v) is 11.5. The van der Waals surface area contributed by atoms with Crippen molar-refractivity contribution in [1.82, 2.24) is 0 Å². The van der Waals surface area contributed by atoms with Crippen molar-refractivity contribution in [3.8, 4) is 0 Å². The lowest BCUT2D eigenvalue weighted by Crippen LogP contribution is -2.25. The van der Waals surface area contributed by atoms with Crippen molar-refractivity contribution in [2.24, 2.45) is 0 Å². The number of carbonyl (C=O) groups excluding carboxylic acids is 2. The number of esters is 2. The van der Waals surface area contributed by atoms with Crippen molar-refractivity contribution >= 4 is 23.3 Å². The van der Waals surface area contributed by atoms with Crippen LogP contribution in [0, 0.1) is 5.82 Å². The van der Waals surface area contributed by atoms with E-state index >= 15 is 0 Å². The summed E-state index contributed by atoms with van der Waals surface area (Å²) in [6.07, 6.45) is 2.05. The van der Waals surface area contributed by atoms with Crippen LogP contribution in [0.2, 0.25) is 0 Å². The molecular formula is C28H27FN2O4. The molecule has 0 saturated heterocycles. The van der Waals surface area contributed by atoms with E-state index in [9.17, 15) is 14.0 Å². The van der Waals surface area contributed by atoms with Crippen molar-refractivity contribution < 1.29 is 23.5 Å². The lowest BCUT2D eigenvalue weighted by molar-refractivity contribution is 0.0517. The van der Waals surface area contributed by atoms with E-state index in [1.54, 1.807) is 44.2 Å². The molecule has 4 rings (SSSR count). The minimum atomic E-state index is -0.367. The monoisotopic (exact) mass is 474 g/mol. The molecule has 35 heavy (non-hydrogen) atoms. The molecule has 3 aromatic rings. The maximum Gasteiger partial charge on any atom is 0.338 e. The van der Waals surface area contributed by atoms with Gasteiger partial charge in [-0.2, -0.15) is 0 Å². The topological polar surface area (TPSA) is 67.9 Å². The van der Waals surface area contributed by atoms with Crippen LogP contribution in [0.3, 0.4) is 0 Å². The van der Waals surface area contributed by atoms with Gasteiger partial charge in [0.05, 0.1) is 36.9 Å². The number of rotatable bonds is 8. The number of halogens is 1. The Balaban J connectivity index is 1.57. The summed E-state index contributed by atoms with van der Waals surface area (Å²) in [6, 6.07) is 20.6. The van der Waals surface area contributed by atoms with Crippen molar-refractivity contribution in [3.63, 3.8) is 0 Å². The van der Waals surface area contributed by atoms with Gasteiger partial charge in [-0.05, 0) is 86.2 Å². The molecule has 1 atom stereocenters. The highest BCUT2D eigenvalue weighted by atomic mass is 19.1. The molecule has 0 fully saturated rings. The number of hydrogen-bond acceptors (Lipinski definition) is 6. The molecule has 6 nitrogen and oxygen atoms in total. The fraction of sp³-hybridized carbons (Fsp3) is 0.214. The Morgan fingerprint density at radius 2 is 1.51 bits per heavy atom. The van der Waals surface area contributed by atoms with Crippen LogP contribution in [-0.4, -0.2) is 31.7 Å². The molecule has 0 bridgehead atoms. The van der Waals surface area contributed by atoms with Gasteiger partial charge in [0.25, 0.3) is 0 Å². The maximum absolute atomic E-state index is 14.0. The summed E-state index contributed by atoms with van der Waals surface area (Å²) in [5, 5.41) is 3.40. The second-order valence-corrected chi connectivity index (χ2v) is 8.01. The number of carbonyl (C=O) groups is 2. The van der Waals surface area contributed by atoms with Crippen LogP contribution in [0.5, 0.6) is 0 Å². The first-order chi connectivity index (χ1) is 17.0. The second-order valence-electron chi connectivity index (χ2n) is 8.01. The first-order valence-electron chi connectivity index (χ1n) is 11.5. The predicted molar refractivity (Wildman–Crippen MR) is 133 cm³/mol. The van der Waals surface area contributed by atoms with Crippen LogP contribution >= 0.6 is 0 Å². The third-order valence-corrected chi connectivity index (χ3v) is 5.64. The molecule has 3 aromatic carbocycles. The quantitative estimate of drug-likeness (QED) is 0.420. The minimum absolute atomic E-state index is 0.208. The summed E-state index contributed by atoms with van der Waals surface area (Å²) in [5.41, 5.74) is 4.41. The fourth-order valence-electron chi connectivity index (χ4n) is 4.01. The molecule has 0 unspecified atom stereocenters. The van der Waals surface area contributed by atoms with E-state index in [0.29, 0.717) is 30.9 Å². The van der Waals surface area contributed by atoms with Crippen LogP contribution in [0.4, 0.5) is 15.8 Å². The Hall–Kier alpha value is -4.13. The molecule has 0 saturated carbocycles. The van der Waals surface area contributed by atoms with Crippen LogP contribution in [0.15, 0.2) is 84.6 Å². The smallest absolute Gasteiger partial charge is 0.338 e. The van der Waals surface area contributed by atoms with E-state index in [1.807, 2.05) is 36.4 Å². The highest BCUT2D eigenvalue weighted by Gasteiger charge is 2.27. The zero-order valence-corrected chi connectivity index (χ0v) is 19.7. The largest absolute Gasteiger partial charge is 0.462 e. The van der Waals surface area contributed by atoms with E-state index in [1.165, 1.54) is 12.1 Å². The number of hydrogen-bond donors (Lipinski definition) is 1. The minimum Gasteiger partial charge on any atom is -0.462 e. The molecule has 1 aliphatic rings. The first kappa shape index (κ1) is 24.0. The molecule has 0 amide bonds. The van der Waals surface area contributed by atoms with Gasteiger partial charge in [0.2, 0.25) is 0 Å². The number of anilines is 2. The molecule has 1 aliphatic heterocycles. The summed E-state index contributed by atoms with van der Waals surface area (Å²) in [5.74, 6) is -1.03. The molecular weight excluding hydrogens is 447 g/mol. The van der Waals surface area contributed by atoms with E-state index < -0.39 is 0 Å². The summed E-state index contributed by atoms with van der Waals surface area (Å²) >= 11 is 0. The molecule has 7 heteroatoms. The molecule has 180 valence electrons. The van der Waals surface area contributed by atoms with Crippen LogP contribution in [0.1, 0.15) is 46.2 Å². The Morgan fingerprint density at radius 3 is 2.09 bits per heavy atom.